The number of methoxy groups -OCH3 is 1. The molecule has 0 saturated carbocycles. The van der Waals surface area contributed by atoms with Gasteiger partial charge in [0.05, 0.1) is 25.8 Å². The number of carbonyl (C=O) groups is 4. The van der Waals surface area contributed by atoms with Gasteiger partial charge >= 0.3 is 12.0 Å². The fraction of sp³-hybridized carbons (Fsp3) is 0.200. The second-order valence-electron chi connectivity index (χ2n) is 8.87. The Morgan fingerprint density at radius 1 is 0.925 bits per heavy atom. The third-order valence-electron chi connectivity index (χ3n) is 6.03. The molecule has 2 N–H and O–H groups in total. The summed E-state index contributed by atoms with van der Waals surface area (Å²) in [5, 5.41) is 11.3. The highest BCUT2D eigenvalue weighted by molar-refractivity contribution is 6.31. The molecule has 40 heavy (non-hydrogen) atoms. The Bertz CT molecular complexity index is 1460. The van der Waals surface area contributed by atoms with Crippen molar-refractivity contribution in [2.75, 3.05) is 13.7 Å². The molecule has 4 amide bonds. The molecule has 1 heterocycles. The first-order valence-electron chi connectivity index (χ1n) is 12.5. The Kier molecular flexibility index (Phi) is 8.80. The van der Waals surface area contributed by atoms with E-state index in [1.807, 2.05) is 6.92 Å². The molecule has 3 aromatic rings. The zero-order chi connectivity index (χ0) is 28.6. The van der Waals surface area contributed by atoms with Crippen LogP contribution in [0.15, 0.2) is 72.3 Å². The summed E-state index contributed by atoms with van der Waals surface area (Å²) in [6.07, 6.45) is 2.20. The molecule has 1 aliphatic rings. The van der Waals surface area contributed by atoms with E-state index >= 15 is 0 Å². The number of carboxylic acids is 1. The fourth-order valence-corrected chi connectivity index (χ4v) is 3.95. The van der Waals surface area contributed by atoms with Crippen molar-refractivity contribution >= 4 is 29.9 Å². The van der Waals surface area contributed by atoms with E-state index in [2.05, 4.69) is 5.32 Å². The van der Waals surface area contributed by atoms with E-state index in [4.69, 9.17) is 19.3 Å². The number of ether oxygens (including phenoxy) is 3. The van der Waals surface area contributed by atoms with Crippen molar-refractivity contribution in [1.29, 1.82) is 0 Å². The fourth-order valence-electron chi connectivity index (χ4n) is 3.95. The number of urea groups is 1. The number of rotatable bonds is 11. The predicted octanol–water partition coefficient (Wildman–Crippen LogP) is 4.42. The molecule has 206 valence electrons. The molecule has 10 nitrogen and oxygen atoms in total. The Balaban J connectivity index is 1.54. The molecule has 1 saturated heterocycles. The maximum absolute atomic E-state index is 13.3. The molecule has 4 rings (SSSR count). The van der Waals surface area contributed by atoms with E-state index in [9.17, 15) is 19.2 Å². The van der Waals surface area contributed by atoms with E-state index in [1.54, 1.807) is 54.6 Å². The van der Waals surface area contributed by atoms with Gasteiger partial charge in [0, 0.05) is 5.56 Å². The SMILES string of the molecule is CCCOc1ccc(CN2C(=O)NC(=O)/C(=C\c3ccccc3OCc3ccc(C(=O)O)cc3)C2=O)cc1OC. The average Bonchev–Trinajstić information content (AvgIpc) is 2.96. The number of nitrogens with one attached hydrogen (secondary N) is 1. The van der Waals surface area contributed by atoms with Crippen LogP contribution < -0.4 is 19.5 Å². The van der Waals surface area contributed by atoms with Gasteiger partial charge in [-0.15, -0.1) is 0 Å². The number of imide groups is 2. The van der Waals surface area contributed by atoms with Crippen LogP contribution in [0.4, 0.5) is 4.79 Å². The van der Waals surface area contributed by atoms with Crippen LogP contribution >= 0.6 is 0 Å². The Labute approximate surface area is 230 Å². The first-order valence-corrected chi connectivity index (χ1v) is 12.5. The summed E-state index contributed by atoms with van der Waals surface area (Å²) in [5.74, 6) is -1.18. The van der Waals surface area contributed by atoms with E-state index in [0.29, 0.717) is 35.0 Å². The molecular formula is C30H28N2O8. The Hall–Kier alpha value is -5.12. The number of carbonyl (C=O) groups excluding carboxylic acids is 3. The largest absolute Gasteiger partial charge is 0.493 e. The molecule has 0 unspecified atom stereocenters. The minimum absolute atomic E-state index is 0.0931. The number of benzene rings is 3. The van der Waals surface area contributed by atoms with Crippen LogP contribution in [-0.4, -0.2) is 47.5 Å². The molecule has 1 aliphatic heterocycles. The van der Waals surface area contributed by atoms with Crippen molar-refractivity contribution in [2.45, 2.75) is 26.5 Å². The summed E-state index contributed by atoms with van der Waals surface area (Å²) in [5.41, 5.74) is 1.73. The van der Waals surface area contributed by atoms with Crippen molar-refractivity contribution in [3.05, 3.63) is 94.6 Å². The minimum Gasteiger partial charge on any atom is -0.493 e. The molecule has 0 bridgehead atoms. The zero-order valence-electron chi connectivity index (χ0n) is 22.0. The summed E-state index contributed by atoms with van der Waals surface area (Å²) < 4.78 is 17.0. The van der Waals surface area contributed by atoms with Crippen LogP contribution in [0.3, 0.4) is 0 Å². The van der Waals surface area contributed by atoms with Gasteiger partial charge in [-0.3, -0.25) is 19.8 Å². The van der Waals surface area contributed by atoms with Gasteiger partial charge < -0.3 is 19.3 Å². The van der Waals surface area contributed by atoms with Gasteiger partial charge in [0.1, 0.15) is 17.9 Å². The van der Waals surface area contributed by atoms with E-state index in [0.717, 1.165) is 16.9 Å². The summed E-state index contributed by atoms with van der Waals surface area (Å²) in [7, 11) is 1.50. The highest BCUT2D eigenvalue weighted by Gasteiger charge is 2.36. The summed E-state index contributed by atoms with van der Waals surface area (Å²) in [4.78, 5) is 50.6. The monoisotopic (exact) mass is 544 g/mol. The summed E-state index contributed by atoms with van der Waals surface area (Å²) in [6.45, 7) is 2.54. The van der Waals surface area contributed by atoms with Crippen molar-refractivity contribution in [2.24, 2.45) is 0 Å². The summed E-state index contributed by atoms with van der Waals surface area (Å²) >= 11 is 0. The van der Waals surface area contributed by atoms with Crippen molar-refractivity contribution in [1.82, 2.24) is 10.2 Å². The molecule has 3 aromatic carbocycles. The number of para-hydroxylation sites is 1. The van der Waals surface area contributed by atoms with Crippen LogP contribution in [0, 0.1) is 0 Å². The van der Waals surface area contributed by atoms with Crippen LogP contribution in [0.2, 0.25) is 0 Å². The van der Waals surface area contributed by atoms with Gasteiger partial charge in [-0.1, -0.05) is 43.3 Å². The third kappa shape index (κ3) is 6.47. The Morgan fingerprint density at radius 2 is 1.65 bits per heavy atom. The van der Waals surface area contributed by atoms with Gasteiger partial charge in [0.25, 0.3) is 11.8 Å². The highest BCUT2D eigenvalue weighted by Crippen LogP contribution is 2.30. The molecule has 1 fully saturated rings. The lowest BCUT2D eigenvalue weighted by Gasteiger charge is -2.26. The number of nitrogens with zero attached hydrogens (tertiary/aromatic N) is 1. The molecule has 0 atom stereocenters. The van der Waals surface area contributed by atoms with Crippen LogP contribution in [0.5, 0.6) is 17.2 Å². The van der Waals surface area contributed by atoms with Gasteiger partial charge in [0.15, 0.2) is 11.5 Å². The number of hydrogen-bond acceptors (Lipinski definition) is 7. The lowest BCUT2D eigenvalue weighted by atomic mass is 10.1. The highest BCUT2D eigenvalue weighted by atomic mass is 16.5. The standard InChI is InChI=1S/C30H28N2O8/c1-3-14-39-25-13-10-20(15-26(25)38-2)17-32-28(34)23(27(33)31-30(32)37)16-22-6-4-5-7-24(22)40-18-19-8-11-21(12-9-19)29(35)36/h4-13,15-16H,3,14,17-18H2,1-2H3,(H,35,36)(H,31,33,37)/b23-16+. The topological polar surface area (TPSA) is 131 Å². The Morgan fingerprint density at radius 3 is 2.35 bits per heavy atom. The first-order chi connectivity index (χ1) is 19.3. The van der Waals surface area contributed by atoms with Crippen LogP contribution in [-0.2, 0) is 22.7 Å². The van der Waals surface area contributed by atoms with Gasteiger partial charge in [-0.05, 0) is 54.0 Å². The van der Waals surface area contributed by atoms with E-state index < -0.39 is 23.8 Å². The van der Waals surface area contributed by atoms with Gasteiger partial charge in [-0.25, -0.2) is 9.59 Å². The minimum atomic E-state index is -1.02. The number of carboxylic acid groups (broad SMARTS) is 1. The second kappa shape index (κ2) is 12.6. The molecule has 0 radical (unpaired) electrons. The zero-order valence-corrected chi connectivity index (χ0v) is 22.0. The van der Waals surface area contributed by atoms with Crippen molar-refractivity contribution < 1.29 is 38.5 Å². The summed E-state index contributed by atoms with van der Waals surface area (Å²) in [6, 6.07) is 17.4. The molecule has 0 aliphatic carbocycles. The van der Waals surface area contributed by atoms with E-state index in [-0.39, 0.29) is 24.3 Å². The maximum atomic E-state index is 13.3. The predicted molar refractivity (Wildman–Crippen MR) is 145 cm³/mol. The number of amides is 4. The average molecular weight is 545 g/mol. The molecule has 0 spiro atoms. The number of barbiturate groups is 1. The number of aromatic carboxylic acids is 1. The molecule has 10 heteroatoms. The maximum Gasteiger partial charge on any atom is 0.335 e. The second-order valence-corrected chi connectivity index (χ2v) is 8.87. The van der Waals surface area contributed by atoms with Crippen molar-refractivity contribution in [3.63, 3.8) is 0 Å². The lowest BCUT2D eigenvalue weighted by molar-refractivity contribution is -0.130. The van der Waals surface area contributed by atoms with E-state index in [1.165, 1.54) is 25.3 Å². The quantitative estimate of drug-likeness (QED) is 0.268. The smallest absolute Gasteiger partial charge is 0.335 e. The van der Waals surface area contributed by atoms with Crippen LogP contribution in [0.1, 0.15) is 40.4 Å². The number of hydrogen-bond donors (Lipinski definition) is 2. The first kappa shape index (κ1) is 27.9. The lowest BCUT2D eigenvalue weighted by Crippen LogP contribution is -2.53. The van der Waals surface area contributed by atoms with Gasteiger partial charge in [0.2, 0.25) is 0 Å². The van der Waals surface area contributed by atoms with Crippen molar-refractivity contribution in [3.8, 4) is 17.2 Å². The van der Waals surface area contributed by atoms with Crippen LogP contribution in [0.25, 0.3) is 6.08 Å². The molecule has 0 aromatic heterocycles. The third-order valence-corrected chi connectivity index (χ3v) is 6.03. The van der Waals surface area contributed by atoms with Gasteiger partial charge in [-0.2, -0.15) is 0 Å². The molecular weight excluding hydrogens is 516 g/mol. The normalized spacial score (nSPS) is 14.2.